The van der Waals surface area contributed by atoms with Crippen LogP contribution >= 0.6 is 12.4 Å². The topological polar surface area (TPSA) is 83.5 Å². The number of rotatable bonds is 8. The fourth-order valence-electron chi connectivity index (χ4n) is 1.49. The average molecular weight is 288 g/mol. The van der Waals surface area contributed by atoms with E-state index >= 15 is 0 Å². The number of hydrogen-bond donors (Lipinski definition) is 2. The Labute approximate surface area is 109 Å². The molecule has 0 saturated heterocycles. The van der Waals surface area contributed by atoms with E-state index in [9.17, 15) is 13.2 Å². The van der Waals surface area contributed by atoms with Gasteiger partial charge in [0.2, 0.25) is 10.0 Å². The van der Waals surface area contributed by atoms with Crippen molar-refractivity contribution in [2.45, 2.75) is 57.7 Å². The number of nitrogens with one attached hydrogen (secondary N) is 1. The summed E-state index contributed by atoms with van der Waals surface area (Å²) < 4.78 is 25.9. The van der Waals surface area contributed by atoms with Gasteiger partial charge in [0.25, 0.3) is 0 Å². The van der Waals surface area contributed by atoms with E-state index in [1.54, 1.807) is 0 Å². The first-order valence-electron chi connectivity index (χ1n) is 5.59. The first kappa shape index (κ1) is 19.0. The van der Waals surface area contributed by atoms with Gasteiger partial charge in [0.1, 0.15) is 6.04 Å². The van der Waals surface area contributed by atoms with Gasteiger partial charge in [-0.2, -0.15) is 0 Å². The quantitative estimate of drug-likeness (QED) is 0.713. The highest BCUT2D eigenvalue weighted by Crippen LogP contribution is 2.14. The van der Waals surface area contributed by atoms with Gasteiger partial charge in [-0.3, -0.25) is 4.79 Å². The average Bonchev–Trinajstić information content (AvgIpc) is 2.16. The van der Waals surface area contributed by atoms with E-state index in [2.05, 4.69) is 4.72 Å². The Morgan fingerprint density at radius 2 is 1.65 bits per heavy atom. The fraction of sp³-hybridized carbons (Fsp3) is 0.900. The Morgan fingerprint density at radius 1 is 1.24 bits per heavy atom. The van der Waals surface area contributed by atoms with Crippen molar-refractivity contribution in [3.63, 3.8) is 0 Å². The third-order valence-electron chi connectivity index (χ3n) is 2.37. The van der Waals surface area contributed by atoms with E-state index in [4.69, 9.17) is 5.11 Å². The molecule has 0 aromatic carbocycles. The molecule has 0 aliphatic carbocycles. The maximum atomic E-state index is 11.9. The van der Waals surface area contributed by atoms with Crippen LogP contribution in [0.4, 0.5) is 0 Å². The molecule has 0 fully saturated rings. The predicted molar refractivity (Wildman–Crippen MR) is 70.0 cm³/mol. The van der Waals surface area contributed by atoms with Crippen LogP contribution in [-0.2, 0) is 14.8 Å². The van der Waals surface area contributed by atoms with Gasteiger partial charge in [0, 0.05) is 0 Å². The zero-order valence-corrected chi connectivity index (χ0v) is 12.1. The van der Waals surface area contributed by atoms with Crippen LogP contribution in [0.2, 0.25) is 0 Å². The maximum Gasteiger partial charge on any atom is 0.321 e. The lowest BCUT2D eigenvalue weighted by Gasteiger charge is -2.18. The molecule has 0 heterocycles. The number of hydrogen-bond acceptors (Lipinski definition) is 3. The minimum Gasteiger partial charge on any atom is -0.480 e. The molecule has 104 valence electrons. The largest absolute Gasteiger partial charge is 0.480 e. The van der Waals surface area contributed by atoms with Gasteiger partial charge in [0.15, 0.2) is 0 Å². The monoisotopic (exact) mass is 287 g/mol. The molecule has 0 aromatic rings. The zero-order chi connectivity index (χ0) is 12.8. The summed E-state index contributed by atoms with van der Waals surface area (Å²) in [6.07, 6.45) is 2.67. The molecule has 0 rings (SSSR count). The molecule has 0 saturated carbocycles. The summed E-state index contributed by atoms with van der Waals surface area (Å²) >= 11 is 0. The summed E-state index contributed by atoms with van der Waals surface area (Å²) in [6.45, 7) is 5.16. The van der Waals surface area contributed by atoms with Gasteiger partial charge < -0.3 is 5.11 Å². The standard InChI is InChI=1S/C10H21NO4S.ClH/c1-4-6-9(7-5-2)16(14,15)11-8(3)10(12)13;/h8-9,11H,4-7H2,1-3H3,(H,12,13);1H/t8-;/m0./s1. The maximum absolute atomic E-state index is 11.9. The molecule has 2 N–H and O–H groups in total. The number of halogens is 1. The lowest BCUT2D eigenvalue weighted by molar-refractivity contribution is -0.138. The molecule has 5 nitrogen and oxygen atoms in total. The van der Waals surface area contributed by atoms with E-state index in [0.717, 1.165) is 12.8 Å². The van der Waals surface area contributed by atoms with Gasteiger partial charge in [0.05, 0.1) is 5.25 Å². The highest BCUT2D eigenvalue weighted by atomic mass is 35.5. The fourth-order valence-corrected chi connectivity index (χ4v) is 3.37. The Balaban J connectivity index is 0. The van der Waals surface area contributed by atoms with E-state index in [0.29, 0.717) is 12.8 Å². The van der Waals surface area contributed by atoms with Crippen LogP contribution in [0, 0.1) is 0 Å². The van der Waals surface area contributed by atoms with Crippen molar-refractivity contribution in [2.24, 2.45) is 0 Å². The molecule has 0 amide bonds. The Morgan fingerprint density at radius 3 is 1.94 bits per heavy atom. The zero-order valence-electron chi connectivity index (χ0n) is 10.5. The normalized spacial score (nSPS) is 13.2. The molecule has 0 spiro atoms. The lowest BCUT2D eigenvalue weighted by Crippen LogP contribution is -2.43. The summed E-state index contributed by atoms with van der Waals surface area (Å²) in [5.74, 6) is -1.16. The second-order valence-electron chi connectivity index (χ2n) is 3.92. The Hall–Kier alpha value is -0.330. The summed E-state index contributed by atoms with van der Waals surface area (Å²) in [7, 11) is -3.52. The highest BCUT2D eigenvalue weighted by Gasteiger charge is 2.27. The number of aliphatic carboxylic acids is 1. The van der Waals surface area contributed by atoms with Crippen molar-refractivity contribution in [1.29, 1.82) is 0 Å². The van der Waals surface area contributed by atoms with Crippen LogP contribution in [0.1, 0.15) is 46.5 Å². The van der Waals surface area contributed by atoms with Crippen LogP contribution in [0.15, 0.2) is 0 Å². The van der Waals surface area contributed by atoms with Crippen molar-refractivity contribution < 1.29 is 18.3 Å². The third-order valence-corrected chi connectivity index (χ3v) is 4.40. The number of carboxylic acids is 1. The molecule has 0 aliphatic heterocycles. The number of carbonyl (C=O) groups is 1. The van der Waals surface area contributed by atoms with E-state index in [1.807, 2.05) is 13.8 Å². The number of carboxylic acid groups (broad SMARTS) is 1. The first-order chi connectivity index (χ1) is 7.35. The predicted octanol–water partition coefficient (Wildman–Crippen LogP) is 1.77. The molecule has 0 aromatic heterocycles. The molecular formula is C10H22ClNO4S. The van der Waals surface area contributed by atoms with Crippen LogP contribution < -0.4 is 4.72 Å². The second-order valence-corrected chi connectivity index (χ2v) is 5.91. The third kappa shape index (κ3) is 6.85. The molecular weight excluding hydrogens is 266 g/mol. The van der Waals surface area contributed by atoms with E-state index < -0.39 is 27.3 Å². The van der Waals surface area contributed by atoms with Crippen LogP contribution in [0.25, 0.3) is 0 Å². The van der Waals surface area contributed by atoms with Crippen molar-refractivity contribution in [3.05, 3.63) is 0 Å². The van der Waals surface area contributed by atoms with Crippen molar-refractivity contribution in [3.8, 4) is 0 Å². The summed E-state index contributed by atoms with van der Waals surface area (Å²) in [5.41, 5.74) is 0. The molecule has 0 unspecified atom stereocenters. The van der Waals surface area contributed by atoms with Gasteiger partial charge in [-0.05, 0) is 19.8 Å². The first-order valence-corrected chi connectivity index (χ1v) is 7.13. The van der Waals surface area contributed by atoms with Crippen molar-refractivity contribution in [2.75, 3.05) is 0 Å². The minimum atomic E-state index is -3.52. The van der Waals surface area contributed by atoms with E-state index in [1.165, 1.54) is 6.92 Å². The Bertz CT molecular complexity index is 312. The van der Waals surface area contributed by atoms with Gasteiger partial charge >= 0.3 is 5.97 Å². The molecule has 1 atom stereocenters. The smallest absolute Gasteiger partial charge is 0.321 e. The Kier molecular flexibility index (Phi) is 9.75. The van der Waals surface area contributed by atoms with Crippen LogP contribution in [-0.4, -0.2) is 30.8 Å². The summed E-state index contributed by atoms with van der Waals surface area (Å²) in [4.78, 5) is 10.6. The van der Waals surface area contributed by atoms with Crippen molar-refractivity contribution in [1.82, 2.24) is 4.72 Å². The molecule has 17 heavy (non-hydrogen) atoms. The van der Waals surface area contributed by atoms with Crippen molar-refractivity contribution >= 4 is 28.4 Å². The molecule has 0 radical (unpaired) electrons. The highest BCUT2D eigenvalue weighted by molar-refractivity contribution is 7.90. The van der Waals surface area contributed by atoms with Crippen LogP contribution in [0.5, 0.6) is 0 Å². The molecule has 7 heteroatoms. The molecule has 0 aliphatic rings. The summed E-state index contributed by atoms with van der Waals surface area (Å²) in [5, 5.41) is 8.18. The van der Waals surface area contributed by atoms with E-state index in [-0.39, 0.29) is 12.4 Å². The lowest BCUT2D eigenvalue weighted by atomic mass is 10.2. The van der Waals surface area contributed by atoms with Gasteiger partial charge in [-0.1, -0.05) is 26.7 Å². The summed E-state index contributed by atoms with van der Waals surface area (Å²) in [6, 6.07) is -1.07. The van der Waals surface area contributed by atoms with Crippen LogP contribution in [0.3, 0.4) is 0 Å². The minimum absolute atomic E-state index is 0. The van der Waals surface area contributed by atoms with Gasteiger partial charge in [-0.15, -0.1) is 12.4 Å². The van der Waals surface area contributed by atoms with Gasteiger partial charge in [-0.25, -0.2) is 13.1 Å². The molecule has 0 bridgehead atoms. The number of sulfonamides is 1. The SMILES string of the molecule is CCCC(CCC)S(=O)(=O)N[C@@H](C)C(=O)O.Cl. The second kappa shape index (κ2) is 8.72.